The number of aliphatic hydroxyl groups is 1. The van der Waals surface area contributed by atoms with Crippen molar-refractivity contribution in [1.29, 1.82) is 0 Å². The first-order valence-corrected chi connectivity index (χ1v) is 9.63. The normalized spacial score (nSPS) is 15.9. The lowest BCUT2D eigenvalue weighted by molar-refractivity contribution is -0.124. The fraction of sp³-hybridized carbons (Fsp3) is 0.238. The van der Waals surface area contributed by atoms with Crippen LogP contribution in [-0.4, -0.2) is 58.5 Å². The van der Waals surface area contributed by atoms with Crippen LogP contribution in [0, 0.1) is 0 Å². The van der Waals surface area contributed by atoms with Crippen LogP contribution in [0.5, 0.6) is 0 Å². The largest absolute Gasteiger partial charge is 0.375 e. The lowest BCUT2D eigenvalue weighted by atomic mass is 10.2. The molecule has 2 heterocycles. The third kappa shape index (κ3) is 6.55. The summed E-state index contributed by atoms with van der Waals surface area (Å²) in [5, 5.41) is 19.7. The van der Waals surface area contributed by atoms with E-state index < -0.39 is 12.1 Å². The fourth-order valence-corrected chi connectivity index (χ4v) is 3.35. The summed E-state index contributed by atoms with van der Waals surface area (Å²) in [6.45, 7) is 2.98. The third-order valence-electron chi connectivity index (χ3n) is 4.63. The van der Waals surface area contributed by atoms with Crippen molar-refractivity contribution in [3.8, 4) is 0 Å². The second kappa shape index (κ2) is 11.7. The van der Waals surface area contributed by atoms with E-state index in [0.717, 1.165) is 23.8 Å². The summed E-state index contributed by atoms with van der Waals surface area (Å²) < 4.78 is 0. The van der Waals surface area contributed by atoms with E-state index in [-0.39, 0.29) is 12.4 Å². The number of para-hydroxylation sites is 1. The molecule has 1 aliphatic heterocycles. The third-order valence-corrected chi connectivity index (χ3v) is 4.95. The molecule has 160 valence electrons. The molecule has 2 aromatic rings. The van der Waals surface area contributed by atoms with Crippen molar-refractivity contribution in [3.63, 3.8) is 0 Å². The van der Waals surface area contributed by atoms with Crippen LogP contribution < -0.4 is 10.4 Å². The Labute approximate surface area is 186 Å². The number of carbonyl (C=O) groups excluding carboxylic acids is 1. The van der Waals surface area contributed by atoms with E-state index in [9.17, 15) is 9.90 Å². The molecule has 0 bridgehead atoms. The van der Waals surface area contributed by atoms with Crippen LogP contribution >= 0.6 is 24.0 Å². The Bertz CT molecular complexity index is 899. The van der Waals surface area contributed by atoms with E-state index in [1.54, 1.807) is 24.3 Å². The highest BCUT2D eigenvalue weighted by molar-refractivity contribution is 6.33. The number of nitrogens with one attached hydrogen (secondary N) is 1. The molecule has 9 heteroatoms. The van der Waals surface area contributed by atoms with E-state index in [1.165, 1.54) is 17.6 Å². The SMILES string of the molecule is Cl.O=C(/C=C/c1cccc(/C=C/C(O)N2CCN(c3ccccc3Cl)CC2)n1)NO. The highest BCUT2D eigenvalue weighted by Gasteiger charge is 2.21. The Balaban J connectivity index is 0.00000320. The molecule has 0 aliphatic carbocycles. The van der Waals surface area contributed by atoms with Gasteiger partial charge in [0.05, 0.1) is 22.1 Å². The zero-order valence-electron chi connectivity index (χ0n) is 16.2. The number of hydrogen-bond donors (Lipinski definition) is 3. The van der Waals surface area contributed by atoms with Crippen LogP contribution in [0.15, 0.2) is 54.6 Å². The first kappa shape index (κ1) is 23.9. The average Bonchev–Trinajstić information content (AvgIpc) is 2.76. The number of hydrogen-bond acceptors (Lipinski definition) is 6. The van der Waals surface area contributed by atoms with Gasteiger partial charge in [-0.3, -0.25) is 14.9 Å². The Morgan fingerprint density at radius 2 is 1.73 bits per heavy atom. The molecule has 1 aromatic heterocycles. The Hall–Kier alpha value is -2.42. The van der Waals surface area contributed by atoms with Crippen LogP contribution in [0.1, 0.15) is 11.4 Å². The van der Waals surface area contributed by atoms with Gasteiger partial charge >= 0.3 is 0 Å². The molecule has 7 nitrogen and oxygen atoms in total. The molecule has 1 aromatic carbocycles. The zero-order chi connectivity index (χ0) is 20.6. The number of hydroxylamine groups is 1. The van der Waals surface area contributed by atoms with Crippen molar-refractivity contribution in [2.75, 3.05) is 31.1 Å². The molecule has 3 N–H and O–H groups in total. The summed E-state index contributed by atoms with van der Waals surface area (Å²) in [7, 11) is 0. The predicted octanol–water partition coefficient (Wildman–Crippen LogP) is 2.83. The standard InChI is InChI=1S/C21H23ClN4O3.ClH/c22-18-6-1-2-7-19(18)25-12-14-26(15-13-25)21(28)11-9-17-5-3-4-16(23-17)8-10-20(27)24-29;/h1-11,21,28-29H,12-15H2,(H,24,27);1H/b10-8+,11-9+;. The van der Waals surface area contributed by atoms with Gasteiger partial charge in [-0.15, -0.1) is 12.4 Å². The second-order valence-corrected chi connectivity index (χ2v) is 6.95. The van der Waals surface area contributed by atoms with E-state index >= 15 is 0 Å². The van der Waals surface area contributed by atoms with Gasteiger partial charge in [0.15, 0.2) is 0 Å². The predicted molar refractivity (Wildman–Crippen MR) is 121 cm³/mol. The summed E-state index contributed by atoms with van der Waals surface area (Å²) in [5.41, 5.74) is 3.77. The van der Waals surface area contributed by atoms with Gasteiger partial charge in [-0.2, -0.15) is 0 Å². The van der Waals surface area contributed by atoms with Gasteiger partial charge in [0.25, 0.3) is 5.91 Å². The summed E-state index contributed by atoms with van der Waals surface area (Å²) in [6.07, 6.45) is 5.40. The molecule has 1 aliphatic rings. The van der Waals surface area contributed by atoms with Gasteiger partial charge in [-0.25, -0.2) is 10.5 Å². The molecule has 30 heavy (non-hydrogen) atoms. The Morgan fingerprint density at radius 3 is 2.40 bits per heavy atom. The number of aromatic nitrogens is 1. The highest BCUT2D eigenvalue weighted by atomic mass is 35.5. The van der Waals surface area contributed by atoms with Gasteiger partial charge in [-0.05, 0) is 42.5 Å². The summed E-state index contributed by atoms with van der Waals surface area (Å²) in [6, 6.07) is 13.1. The molecule has 3 rings (SSSR count). The van der Waals surface area contributed by atoms with Gasteiger partial charge in [0.2, 0.25) is 0 Å². The monoisotopic (exact) mass is 450 g/mol. The number of carbonyl (C=O) groups is 1. The summed E-state index contributed by atoms with van der Waals surface area (Å²) in [5.74, 6) is -0.626. The minimum absolute atomic E-state index is 0. The molecule has 0 radical (unpaired) electrons. The second-order valence-electron chi connectivity index (χ2n) is 6.54. The molecule has 1 atom stereocenters. The van der Waals surface area contributed by atoms with Gasteiger partial charge < -0.3 is 10.0 Å². The number of pyridine rings is 1. The van der Waals surface area contributed by atoms with Crippen LogP contribution in [0.25, 0.3) is 12.2 Å². The van der Waals surface area contributed by atoms with Gasteiger partial charge in [-0.1, -0.05) is 29.8 Å². The van der Waals surface area contributed by atoms with Crippen LogP contribution in [-0.2, 0) is 4.79 Å². The van der Waals surface area contributed by atoms with Crippen molar-refractivity contribution in [2.45, 2.75) is 6.23 Å². The topological polar surface area (TPSA) is 88.9 Å². The maximum atomic E-state index is 11.1. The number of anilines is 1. The number of amides is 1. The number of aliphatic hydroxyl groups excluding tert-OH is 1. The first-order valence-electron chi connectivity index (χ1n) is 9.26. The summed E-state index contributed by atoms with van der Waals surface area (Å²) in [4.78, 5) is 19.6. The van der Waals surface area contributed by atoms with Crippen LogP contribution in [0.4, 0.5) is 5.69 Å². The van der Waals surface area contributed by atoms with Crippen molar-refractivity contribution in [2.24, 2.45) is 0 Å². The number of nitrogens with zero attached hydrogens (tertiary/aromatic N) is 3. The summed E-state index contributed by atoms with van der Waals surface area (Å²) >= 11 is 6.27. The number of benzene rings is 1. The molecule has 1 saturated heterocycles. The Kier molecular flexibility index (Phi) is 9.29. The molecule has 1 fully saturated rings. The van der Waals surface area contributed by atoms with Crippen molar-refractivity contribution >= 4 is 47.8 Å². The number of halogens is 2. The van der Waals surface area contributed by atoms with Crippen molar-refractivity contribution in [1.82, 2.24) is 15.4 Å². The van der Waals surface area contributed by atoms with Crippen molar-refractivity contribution < 1.29 is 15.1 Å². The smallest absolute Gasteiger partial charge is 0.267 e. The van der Waals surface area contributed by atoms with Gasteiger partial charge in [0, 0.05) is 32.3 Å². The van der Waals surface area contributed by atoms with E-state index in [0.29, 0.717) is 24.5 Å². The first-order chi connectivity index (χ1) is 14.1. The maximum Gasteiger partial charge on any atom is 0.267 e. The number of piperazine rings is 1. The number of rotatable bonds is 6. The molecule has 1 amide bonds. The lowest BCUT2D eigenvalue weighted by Gasteiger charge is -2.37. The molecule has 1 unspecified atom stereocenters. The van der Waals surface area contributed by atoms with E-state index in [1.807, 2.05) is 35.2 Å². The molecular formula is C21H24Cl2N4O3. The Morgan fingerprint density at radius 1 is 1.07 bits per heavy atom. The van der Waals surface area contributed by atoms with Gasteiger partial charge in [0.1, 0.15) is 6.23 Å². The van der Waals surface area contributed by atoms with Crippen LogP contribution in [0.3, 0.4) is 0 Å². The molecule has 0 spiro atoms. The average molecular weight is 451 g/mol. The zero-order valence-corrected chi connectivity index (χ0v) is 17.8. The van der Waals surface area contributed by atoms with Crippen LogP contribution in [0.2, 0.25) is 5.02 Å². The quantitative estimate of drug-likeness (QED) is 0.356. The maximum absolute atomic E-state index is 11.1. The van der Waals surface area contributed by atoms with E-state index in [4.69, 9.17) is 16.8 Å². The molecular weight excluding hydrogens is 427 g/mol. The fourth-order valence-electron chi connectivity index (χ4n) is 3.09. The molecule has 0 saturated carbocycles. The highest BCUT2D eigenvalue weighted by Crippen LogP contribution is 2.26. The lowest BCUT2D eigenvalue weighted by Crippen LogP contribution is -2.50. The minimum atomic E-state index is -0.718. The van der Waals surface area contributed by atoms with E-state index in [2.05, 4.69) is 9.88 Å². The minimum Gasteiger partial charge on any atom is -0.375 e. The van der Waals surface area contributed by atoms with Crippen molar-refractivity contribution in [3.05, 3.63) is 71.0 Å².